The molecule has 2 aromatic carbocycles. The number of fused-ring (bicyclic) bond motifs is 2. The summed E-state index contributed by atoms with van der Waals surface area (Å²) in [6.07, 6.45) is 0. The second-order valence-corrected chi connectivity index (χ2v) is 9.03. The van der Waals surface area contributed by atoms with Crippen LogP contribution in [-0.4, -0.2) is 43.0 Å². The molecule has 5 nitrogen and oxygen atoms in total. The number of hydrogen-bond acceptors (Lipinski definition) is 6. The zero-order valence-corrected chi connectivity index (χ0v) is 17.9. The number of nitrogens with one attached hydrogen (secondary N) is 2. The molecular formula is C24H26N4OS. The summed E-state index contributed by atoms with van der Waals surface area (Å²) in [5, 5.41) is 8.37. The van der Waals surface area contributed by atoms with Gasteiger partial charge < -0.3 is 20.3 Å². The number of benzene rings is 2. The summed E-state index contributed by atoms with van der Waals surface area (Å²) in [6, 6.07) is 21.1. The van der Waals surface area contributed by atoms with Crippen LogP contribution in [0.1, 0.15) is 16.0 Å². The maximum atomic E-state index is 6.01. The van der Waals surface area contributed by atoms with Gasteiger partial charge in [-0.25, -0.2) is 4.99 Å². The minimum absolute atomic E-state index is 0.278. The third-order valence-electron chi connectivity index (χ3n) is 5.46. The van der Waals surface area contributed by atoms with Crippen LogP contribution in [-0.2, 0) is 11.3 Å². The largest absolute Gasteiger partial charge is 0.375 e. The summed E-state index contributed by atoms with van der Waals surface area (Å²) in [4.78, 5) is 8.79. The van der Waals surface area contributed by atoms with Crippen molar-refractivity contribution in [2.24, 2.45) is 4.99 Å². The monoisotopic (exact) mass is 418 g/mol. The Morgan fingerprint density at radius 2 is 1.97 bits per heavy atom. The number of aryl methyl sites for hydroxylation is 1. The average molecular weight is 419 g/mol. The Morgan fingerprint density at radius 1 is 1.13 bits per heavy atom. The lowest BCUT2D eigenvalue weighted by Crippen LogP contribution is -2.54. The molecule has 1 atom stereocenters. The van der Waals surface area contributed by atoms with Gasteiger partial charge in [-0.15, -0.1) is 11.3 Å². The Kier molecular flexibility index (Phi) is 5.53. The van der Waals surface area contributed by atoms with Crippen molar-refractivity contribution in [2.45, 2.75) is 19.6 Å². The maximum absolute atomic E-state index is 6.01. The lowest BCUT2D eigenvalue weighted by molar-refractivity contribution is 0.0840. The van der Waals surface area contributed by atoms with E-state index in [9.17, 15) is 0 Å². The van der Waals surface area contributed by atoms with Crippen molar-refractivity contribution in [1.29, 1.82) is 0 Å². The van der Waals surface area contributed by atoms with Crippen molar-refractivity contribution in [3.05, 3.63) is 76.7 Å². The molecule has 1 saturated heterocycles. The number of hydrogen-bond donors (Lipinski definition) is 2. The molecule has 2 N–H and O–H groups in total. The molecule has 30 heavy (non-hydrogen) atoms. The van der Waals surface area contributed by atoms with Crippen LogP contribution < -0.4 is 10.6 Å². The molecule has 1 fully saturated rings. The fourth-order valence-corrected chi connectivity index (χ4v) is 4.93. The smallest absolute Gasteiger partial charge is 0.139 e. The first kappa shape index (κ1) is 19.3. The van der Waals surface area contributed by atoms with E-state index in [2.05, 4.69) is 71.0 Å². The van der Waals surface area contributed by atoms with Crippen LogP contribution in [0.3, 0.4) is 0 Å². The Morgan fingerprint density at radius 3 is 2.87 bits per heavy atom. The third-order valence-corrected chi connectivity index (χ3v) is 6.43. The highest BCUT2D eigenvalue weighted by atomic mass is 32.1. The molecule has 1 aromatic heterocycles. The van der Waals surface area contributed by atoms with Gasteiger partial charge in [0.05, 0.1) is 30.2 Å². The highest BCUT2D eigenvalue weighted by Gasteiger charge is 2.27. The fourth-order valence-electron chi connectivity index (χ4n) is 4.01. The average Bonchev–Trinajstić information content (AvgIpc) is 3.06. The van der Waals surface area contributed by atoms with Gasteiger partial charge in [0.25, 0.3) is 0 Å². The number of para-hydroxylation sites is 2. The summed E-state index contributed by atoms with van der Waals surface area (Å²) in [5.41, 5.74) is 4.45. The predicted octanol–water partition coefficient (Wildman–Crippen LogP) is 4.68. The maximum Gasteiger partial charge on any atom is 0.139 e. The van der Waals surface area contributed by atoms with E-state index in [1.165, 1.54) is 21.0 Å². The molecule has 2 aliphatic heterocycles. The number of thiophene rings is 1. The van der Waals surface area contributed by atoms with E-state index in [1.54, 1.807) is 11.3 Å². The van der Waals surface area contributed by atoms with Crippen LogP contribution in [0.2, 0.25) is 0 Å². The van der Waals surface area contributed by atoms with E-state index < -0.39 is 0 Å². The van der Waals surface area contributed by atoms with Gasteiger partial charge in [0.15, 0.2) is 0 Å². The van der Waals surface area contributed by atoms with Crippen LogP contribution in [0, 0.1) is 6.92 Å². The number of ether oxygens (including phenoxy) is 1. The highest BCUT2D eigenvalue weighted by molar-refractivity contribution is 7.16. The van der Waals surface area contributed by atoms with Gasteiger partial charge in [0, 0.05) is 30.6 Å². The van der Waals surface area contributed by atoms with E-state index in [-0.39, 0.29) is 6.04 Å². The molecule has 2 aliphatic rings. The first-order valence-electron chi connectivity index (χ1n) is 10.4. The van der Waals surface area contributed by atoms with Crippen molar-refractivity contribution in [3.63, 3.8) is 0 Å². The first-order valence-corrected chi connectivity index (χ1v) is 11.2. The second kappa shape index (κ2) is 8.60. The van der Waals surface area contributed by atoms with E-state index in [0.717, 1.165) is 36.8 Å². The minimum Gasteiger partial charge on any atom is -0.375 e. The normalized spacial score (nSPS) is 18.1. The molecule has 154 valence electrons. The van der Waals surface area contributed by atoms with Gasteiger partial charge in [-0.05, 0) is 30.7 Å². The molecule has 0 amide bonds. The van der Waals surface area contributed by atoms with Crippen LogP contribution >= 0.6 is 11.3 Å². The molecule has 0 bridgehead atoms. The van der Waals surface area contributed by atoms with Crippen molar-refractivity contribution in [1.82, 2.24) is 10.2 Å². The molecule has 6 heteroatoms. The summed E-state index contributed by atoms with van der Waals surface area (Å²) < 4.78 is 6.01. The van der Waals surface area contributed by atoms with Crippen molar-refractivity contribution in [3.8, 4) is 0 Å². The minimum atomic E-state index is 0.278. The Labute approximate surface area is 181 Å². The van der Waals surface area contributed by atoms with Gasteiger partial charge in [-0.1, -0.05) is 42.5 Å². The summed E-state index contributed by atoms with van der Waals surface area (Å²) in [7, 11) is 0. The zero-order valence-electron chi connectivity index (χ0n) is 17.1. The first-order chi connectivity index (χ1) is 14.8. The van der Waals surface area contributed by atoms with Gasteiger partial charge in [-0.3, -0.25) is 0 Å². The molecule has 0 radical (unpaired) electrons. The van der Waals surface area contributed by atoms with Crippen molar-refractivity contribution >= 4 is 33.5 Å². The standard InChI is InChI=1S/C24H26N4OS/c1-17-13-20-23(26-21-9-5-6-10-22(21)27-24(20)30-17)28-12-11-25-19(14-28)16-29-15-18-7-3-2-4-8-18/h2-10,13,19,25,27H,11-12,14-16H2,1H3/t19-/m1/s1. The lowest BCUT2D eigenvalue weighted by Gasteiger charge is -2.35. The van der Waals surface area contributed by atoms with Gasteiger partial charge in [0.2, 0.25) is 0 Å². The summed E-state index contributed by atoms with van der Waals surface area (Å²) in [5.74, 6) is 1.06. The molecule has 0 aliphatic carbocycles. The molecule has 0 saturated carbocycles. The highest BCUT2D eigenvalue weighted by Crippen LogP contribution is 2.39. The third kappa shape index (κ3) is 4.12. The van der Waals surface area contributed by atoms with E-state index in [1.807, 2.05) is 12.1 Å². The van der Waals surface area contributed by atoms with Crippen LogP contribution in [0.15, 0.2) is 65.7 Å². The molecule has 0 spiro atoms. The van der Waals surface area contributed by atoms with E-state index >= 15 is 0 Å². The van der Waals surface area contributed by atoms with Gasteiger partial charge in [-0.2, -0.15) is 0 Å². The number of aliphatic imine (C=N–C) groups is 1. The summed E-state index contributed by atoms with van der Waals surface area (Å²) >= 11 is 1.79. The van der Waals surface area contributed by atoms with Crippen molar-refractivity contribution < 1.29 is 4.74 Å². The molecular weight excluding hydrogens is 392 g/mol. The SMILES string of the molecule is Cc1cc2c(s1)Nc1ccccc1N=C2N1CCN[C@@H](COCc2ccccc2)C1. The van der Waals surface area contributed by atoms with E-state index in [0.29, 0.717) is 13.2 Å². The Bertz CT molecular complexity index is 1050. The topological polar surface area (TPSA) is 48.9 Å². The number of rotatable bonds is 4. The second-order valence-electron chi connectivity index (χ2n) is 7.78. The zero-order chi connectivity index (χ0) is 20.3. The molecule has 3 heterocycles. The van der Waals surface area contributed by atoms with Gasteiger partial charge >= 0.3 is 0 Å². The van der Waals surface area contributed by atoms with Crippen LogP contribution in [0.5, 0.6) is 0 Å². The van der Waals surface area contributed by atoms with Crippen molar-refractivity contribution in [2.75, 3.05) is 31.6 Å². The molecule has 5 rings (SSSR count). The van der Waals surface area contributed by atoms with Crippen LogP contribution in [0.4, 0.5) is 16.4 Å². The quantitative estimate of drug-likeness (QED) is 0.646. The predicted molar refractivity (Wildman–Crippen MR) is 124 cm³/mol. The van der Waals surface area contributed by atoms with E-state index in [4.69, 9.17) is 9.73 Å². The summed E-state index contributed by atoms with van der Waals surface area (Å²) in [6.45, 7) is 6.22. The number of piperazine rings is 1. The molecule has 3 aromatic rings. The van der Waals surface area contributed by atoms with Crippen LogP contribution in [0.25, 0.3) is 0 Å². The number of amidine groups is 1. The Hall–Kier alpha value is -2.67. The lowest BCUT2D eigenvalue weighted by atomic mass is 10.1. The molecule has 0 unspecified atom stereocenters. The van der Waals surface area contributed by atoms with Gasteiger partial charge in [0.1, 0.15) is 10.8 Å². The Balaban J connectivity index is 1.34. The fraction of sp³-hybridized carbons (Fsp3) is 0.292. The number of anilines is 2. The number of nitrogens with zero attached hydrogens (tertiary/aromatic N) is 2.